The van der Waals surface area contributed by atoms with Crippen molar-refractivity contribution in [1.82, 2.24) is 0 Å². The molecule has 2 aromatic carbocycles. The highest BCUT2D eigenvalue weighted by molar-refractivity contribution is 7.92. The smallest absolute Gasteiger partial charge is 0.259 e. The van der Waals surface area contributed by atoms with E-state index >= 15 is 0 Å². The molecule has 31 heavy (non-hydrogen) atoms. The summed E-state index contributed by atoms with van der Waals surface area (Å²) in [6.07, 6.45) is 2.04. The molecule has 1 aliphatic rings. The van der Waals surface area contributed by atoms with Gasteiger partial charge in [-0.3, -0.25) is 9.10 Å². The maximum atomic E-state index is 12.9. The lowest BCUT2D eigenvalue weighted by atomic mass is 10.0. The number of carbonyl (C=O) groups excluding carboxylic acids is 1. The number of fused-ring (bicyclic) bond motifs is 1. The Balaban J connectivity index is 1.89. The van der Waals surface area contributed by atoms with Crippen molar-refractivity contribution < 1.29 is 27.4 Å². The van der Waals surface area contributed by atoms with E-state index in [4.69, 9.17) is 14.2 Å². The van der Waals surface area contributed by atoms with E-state index in [0.717, 1.165) is 18.4 Å². The Morgan fingerprint density at radius 3 is 2.45 bits per heavy atom. The van der Waals surface area contributed by atoms with Crippen LogP contribution in [0.2, 0.25) is 0 Å². The fraction of sp³-hybridized carbons (Fsp3) is 0.409. The second-order valence-corrected chi connectivity index (χ2v) is 9.18. The van der Waals surface area contributed by atoms with E-state index in [1.807, 2.05) is 13.0 Å². The number of rotatable bonds is 8. The minimum absolute atomic E-state index is 0.115. The molecule has 0 fully saturated rings. The van der Waals surface area contributed by atoms with Crippen molar-refractivity contribution in [3.05, 3.63) is 41.5 Å². The topological polar surface area (TPSA) is 94.2 Å². The summed E-state index contributed by atoms with van der Waals surface area (Å²) in [6.45, 7) is 2.33. The van der Waals surface area contributed by atoms with Gasteiger partial charge in [0.2, 0.25) is 15.8 Å². The van der Waals surface area contributed by atoms with Gasteiger partial charge in [0.1, 0.15) is 0 Å². The van der Waals surface area contributed by atoms with Crippen LogP contribution in [-0.2, 0) is 16.4 Å². The van der Waals surface area contributed by atoms with Crippen LogP contribution < -0.4 is 23.8 Å². The van der Waals surface area contributed by atoms with E-state index in [2.05, 4.69) is 5.32 Å². The molecule has 0 saturated heterocycles. The standard InChI is InChI=1S/C22H28N2O6S/c1-5-13-31(26,27)24-12-6-7-15-14-16(8-10-18(15)24)23-22(25)17-9-11-19(28-2)21(30-4)20(17)29-3/h8-11,14H,5-7,12-13H2,1-4H3,(H,23,25). The third-order valence-corrected chi connectivity index (χ3v) is 7.14. The normalized spacial score (nSPS) is 13.4. The second kappa shape index (κ2) is 9.47. The van der Waals surface area contributed by atoms with E-state index in [-0.39, 0.29) is 17.4 Å². The molecule has 1 aliphatic heterocycles. The van der Waals surface area contributed by atoms with Crippen LogP contribution >= 0.6 is 0 Å². The Hall–Kier alpha value is -2.94. The van der Waals surface area contributed by atoms with Gasteiger partial charge in [0, 0.05) is 12.2 Å². The predicted octanol–water partition coefficient (Wildman–Crippen LogP) is 3.46. The van der Waals surface area contributed by atoms with Crippen molar-refractivity contribution in [3.63, 3.8) is 0 Å². The highest BCUT2D eigenvalue weighted by Gasteiger charge is 2.27. The number of anilines is 2. The number of benzene rings is 2. The molecule has 0 atom stereocenters. The fourth-order valence-corrected chi connectivity index (χ4v) is 5.40. The third-order valence-electron chi connectivity index (χ3n) is 5.16. The zero-order valence-corrected chi connectivity index (χ0v) is 19.0. The number of ether oxygens (including phenoxy) is 3. The van der Waals surface area contributed by atoms with Gasteiger partial charge < -0.3 is 19.5 Å². The van der Waals surface area contributed by atoms with Gasteiger partial charge in [-0.15, -0.1) is 0 Å². The Morgan fingerprint density at radius 2 is 1.81 bits per heavy atom. The van der Waals surface area contributed by atoms with Gasteiger partial charge in [-0.25, -0.2) is 8.42 Å². The van der Waals surface area contributed by atoms with Crippen LogP contribution in [0.4, 0.5) is 11.4 Å². The monoisotopic (exact) mass is 448 g/mol. The van der Waals surface area contributed by atoms with Crippen molar-refractivity contribution in [1.29, 1.82) is 0 Å². The molecular weight excluding hydrogens is 420 g/mol. The van der Waals surface area contributed by atoms with Crippen molar-refractivity contribution in [3.8, 4) is 17.2 Å². The SMILES string of the molecule is CCCS(=O)(=O)N1CCCc2cc(NC(=O)c3ccc(OC)c(OC)c3OC)ccc21. The molecule has 0 spiro atoms. The minimum atomic E-state index is -3.35. The zero-order chi connectivity index (χ0) is 22.6. The van der Waals surface area contributed by atoms with Crippen LogP contribution in [0.15, 0.2) is 30.3 Å². The summed E-state index contributed by atoms with van der Waals surface area (Å²) < 4.78 is 42.7. The Kier molecular flexibility index (Phi) is 6.94. The van der Waals surface area contributed by atoms with Gasteiger partial charge in [-0.2, -0.15) is 0 Å². The van der Waals surface area contributed by atoms with Gasteiger partial charge in [0.15, 0.2) is 11.5 Å². The summed E-state index contributed by atoms with van der Waals surface area (Å²) in [5.74, 6) is 0.806. The van der Waals surface area contributed by atoms with Crippen LogP contribution in [0.25, 0.3) is 0 Å². The second-order valence-electron chi connectivity index (χ2n) is 7.17. The molecule has 0 aliphatic carbocycles. The Morgan fingerprint density at radius 1 is 1.06 bits per heavy atom. The molecule has 1 heterocycles. The van der Waals surface area contributed by atoms with Gasteiger partial charge in [-0.05, 0) is 55.2 Å². The lowest BCUT2D eigenvalue weighted by molar-refractivity contribution is 0.102. The summed E-state index contributed by atoms with van der Waals surface area (Å²) in [7, 11) is 1.10. The first-order valence-corrected chi connectivity index (χ1v) is 11.7. The largest absolute Gasteiger partial charge is 0.493 e. The first kappa shape index (κ1) is 22.7. The molecule has 9 heteroatoms. The number of sulfonamides is 1. The number of hydrogen-bond acceptors (Lipinski definition) is 6. The van der Waals surface area contributed by atoms with Crippen LogP contribution in [0.3, 0.4) is 0 Å². The number of carbonyl (C=O) groups is 1. The molecule has 0 bridgehead atoms. The lowest BCUT2D eigenvalue weighted by Gasteiger charge is -2.30. The molecule has 0 saturated carbocycles. The van der Waals surface area contributed by atoms with E-state index in [1.54, 1.807) is 24.3 Å². The summed E-state index contributed by atoms with van der Waals surface area (Å²) in [4.78, 5) is 12.9. The average Bonchev–Trinajstić information content (AvgIpc) is 2.77. The number of nitrogens with one attached hydrogen (secondary N) is 1. The summed E-state index contributed by atoms with van der Waals surface area (Å²) >= 11 is 0. The molecular formula is C22H28N2O6S. The summed E-state index contributed by atoms with van der Waals surface area (Å²) in [5.41, 5.74) is 2.45. The predicted molar refractivity (Wildman–Crippen MR) is 120 cm³/mol. The number of aryl methyl sites for hydroxylation is 1. The zero-order valence-electron chi connectivity index (χ0n) is 18.2. The van der Waals surface area contributed by atoms with Gasteiger partial charge in [-0.1, -0.05) is 6.92 Å². The van der Waals surface area contributed by atoms with Gasteiger partial charge in [0.05, 0.1) is 38.3 Å². The van der Waals surface area contributed by atoms with E-state index in [1.165, 1.54) is 25.6 Å². The van der Waals surface area contributed by atoms with Crippen molar-refractivity contribution >= 4 is 27.3 Å². The van der Waals surface area contributed by atoms with E-state index in [9.17, 15) is 13.2 Å². The maximum Gasteiger partial charge on any atom is 0.259 e. The molecule has 0 radical (unpaired) electrons. The van der Waals surface area contributed by atoms with Crippen molar-refractivity contribution in [2.45, 2.75) is 26.2 Å². The highest BCUT2D eigenvalue weighted by Crippen LogP contribution is 2.40. The molecule has 168 valence electrons. The maximum absolute atomic E-state index is 12.9. The molecule has 1 amide bonds. The van der Waals surface area contributed by atoms with Crippen LogP contribution in [-0.4, -0.2) is 48.0 Å². The lowest BCUT2D eigenvalue weighted by Crippen LogP contribution is -2.37. The van der Waals surface area contributed by atoms with Crippen LogP contribution in [0.1, 0.15) is 35.7 Å². The molecule has 0 aromatic heterocycles. The van der Waals surface area contributed by atoms with Gasteiger partial charge in [0.25, 0.3) is 5.91 Å². The Labute approximate surface area is 183 Å². The number of amides is 1. The first-order valence-electron chi connectivity index (χ1n) is 10.1. The fourth-order valence-electron chi connectivity index (χ4n) is 3.78. The minimum Gasteiger partial charge on any atom is -0.493 e. The quantitative estimate of drug-likeness (QED) is 0.665. The number of methoxy groups -OCH3 is 3. The number of hydrogen-bond donors (Lipinski definition) is 1. The van der Waals surface area contributed by atoms with E-state index < -0.39 is 10.0 Å². The van der Waals surface area contributed by atoms with Crippen LogP contribution in [0.5, 0.6) is 17.2 Å². The first-order chi connectivity index (χ1) is 14.9. The molecule has 1 N–H and O–H groups in total. The summed E-state index contributed by atoms with van der Waals surface area (Å²) in [6, 6.07) is 8.54. The molecule has 8 nitrogen and oxygen atoms in total. The van der Waals surface area contributed by atoms with Crippen molar-refractivity contribution in [2.24, 2.45) is 0 Å². The molecule has 0 unspecified atom stereocenters. The van der Waals surface area contributed by atoms with Crippen molar-refractivity contribution in [2.75, 3.05) is 43.2 Å². The third kappa shape index (κ3) is 4.56. The highest BCUT2D eigenvalue weighted by atomic mass is 32.2. The Bertz CT molecular complexity index is 1070. The summed E-state index contributed by atoms with van der Waals surface area (Å²) in [5, 5.41) is 2.87. The number of nitrogens with zero attached hydrogens (tertiary/aromatic N) is 1. The molecule has 2 aromatic rings. The van der Waals surface area contributed by atoms with E-state index in [0.29, 0.717) is 41.4 Å². The van der Waals surface area contributed by atoms with Gasteiger partial charge >= 0.3 is 0 Å². The average molecular weight is 449 g/mol. The van der Waals surface area contributed by atoms with Crippen LogP contribution in [0, 0.1) is 0 Å². The molecule has 3 rings (SSSR count).